The molecule has 1 atom stereocenters. The van der Waals surface area contributed by atoms with E-state index in [1.54, 1.807) is 0 Å². The molecule has 17 heavy (non-hydrogen) atoms. The first-order chi connectivity index (χ1) is 8.11. The Morgan fingerprint density at radius 3 is 2.41 bits per heavy atom. The van der Waals surface area contributed by atoms with Crippen LogP contribution in [-0.2, 0) is 14.3 Å². The lowest BCUT2D eigenvalue weighted by atomic mass is 10.1. The van der Waals surface area contributed by atoms with Crippen LogP contribution in [0, 0.1) is 0 Å². The Morgan fingerprint density at radius 1 is 1.24 bits per heavy atom. The van der Waals surface area contributed by atoms with Crippen molar-refractivity contribution in [1.29, 1.82) is 0 Å². The number of rotatable bonds is 10. The molecule has 0 saturated carbocycles. The molecule has 100 valence electrons. The fourth-order valence-corrected chi connectivity index (χ4v) is 1.46. The van der Waals surface area contributed by atoms with Crippen LogP contribution < -0.4 is 5.32 Å². The van der Waals surface area contributed by atoms with Gasteiger partial charge in [-0.25, -0.2) is 4.79 Å². The third kappa shape index (κ3) is 8.68. The van der Waals surface area contributed by atoms with Gasteiger partial charge >= 0.3 is 5.97 Å². The summed E-state index contributed by atoms with van der Waals surface area (Å²) in [6, 6.07) is 0. The summed E-state index contributed by atoms with van der Waals surface area (Å²) in [4.78, 5) is 22.0. The lowest BCUT2D eigenvalue weighted by Crippen LogP contribution is -2.37. The number of nitrogens with one attached hydrogen (secondary N) is 1. The van der Waals surface area contributed by atoms with E-state index in [1.165, 1.54) is 20.0 Å². The minimum atomic E-state index is -1.06. The largest absolute Gasteiger partial charge is 0.479 e. The highest BCUT2D eigenvalue weighted by Crippen LogP contribution is 2.04. The summed E-state index contributed by atoms with van der Waals surface area (Å²) < 4.78 is 4.71. The van der Waals surface area contributed by atoms with Crippen LogP contribution in [0.3, 0.4) is 0 Å². The van der Waals surface area contributed by atoms with Crippen molar-refractivity contribution >= 4 is 11.9 Å². The number of hydrogen-bond acceptors (Lipinski definition) is 3. The smallest absolute Gasteiger partial charge is 0.334 e. The van der Waals surface area contributed by atoms with Gasteiger partial charge in [0, 0.05) is 13.5 Å². The molecule has 0 bridgehead atoms. The molecule has 0 aromatic heterocycles. The molecule has 0 aromatic rings. The Balaban J connectivity index is 3.55. The van der Waals surface area contributed by atoms with E-state index in [-0.39, 0.29) is 12.5 Å². The SMILES string of the molecule is CCCCCCCC(=O)NCC(OC)C(=O)O. The molecule has 0 saturated heterocycles. The summed E-state index contributed by atoms with van der Waals surface area (Å²) in [6.07, 6.45) is 4.94. The van der Waals surface area contributed by atoms with Gasteiger partial charge in [0.1, 0.15) is 0 Å². The first-order valence-corrected chi connectivity index (χ1v) is 6.14. The Morgan fingerprint density at radius 2 is 1.88 bits per heavy atom. The molecule has 5 heteroatoms. The molecule has 0 aromatic carbocycles. The second-order valence-corrected chi connectivity index (χ2v) is 4.03. The van der Waals surface area contributed by atoms with E-state index in [4.69, 9.17) is 9.84 Å². The van der Waals surface area contributed by atoms with Crippen LogP contribution in [0.5, 0.6) is 0 Å². The van der Waals surface area contributed by atoms with Crippen molar-refractivity contribution in [2.24, 2.45) is 0 Å². The monoisotopic (exact) mass is 245 g/mol. The quantitative estimate of drug-likeness (QED) is 0.573. The molecule has 1 amide bonds. The zero-order chi connectivity index (χ0) is 13.1. The Bertz CT molecular complexity index is 231. The zero-order valence-electron chi connectivity index (χ0n) is 10.7. The number of unbranched alkanes of at least 4 members (excludes halogenated alkanes) is 4. The average molecular weight is 245 g/mol. The standard InChI is InChI=1S/C12H23NO4/c1-3-4-5-6-7-8-11(14)13-9-10(17-2)12(15)16/h10H,3-9H2,1-2H3,(H,13,14)(H,15,16). The van der Waals surface area contributed by atoms with Crippen LogP contribution in [0.2, 0.25) is 0 Å². The van der Waals surface area contributed by atoms with Gasteiger partial charge in [-0.3, -0.25) is 4.79 Å². The summed E-state index contributed by atoms with van der Waals surface area (Å²) in [5.41, 5.74) is 0. The first kappa shape index (κ1) is 15.9. The average Bonchev–Trinajstić information content (AvgIpc) is 2.29. The maximum Gasteiger partial charge on any atom is 0.334 e. The second-order valence-electron chi connectivity index (χ2n) is 4.03. The predicted molar refractivity (Wildman–Crippen MR) is 64.8 cm³/mol. The molecular formula is C12H23NO4. The van der Waals surface area contributed by atoms with Crippen LogP contribution >= 0.6 is 0 Å². The van der Waals surface area contributed by atoms with Crippen molar-refractivity contribution in [3.8, 4) is 0 Å². The maximum atomic E-state index is 11.4. The number of carbonyl (C=O) groups is 2. The topological polar surface area (TPSA) is 75.6 Å². The molecule has 0 aliphatic carbocycles. The number of carbonyl (C=O) groups excluding carboxylic acids is 1. The maximum absolute atomic E-state index is 11.4. The van der Waals surface area contributed by atoms with Gasteiger partial charge in [-0.15, -0.1) is 0 Å². The van der Waals surface area contributed by atoms with Gasteiger partial charge in [-0.05, 0) is 6.42 Å². The number of carboxylic acids is 1. The summed E-state index contributed by atoms with van der Waals surface area (Å²) in [5.74, 6) is -1.17. The Kier molecular flexibility index (Phi) is 9.43. The molecule has 0 spiro atoms. The molecule has 0 radical (unpaired) electrons. The number of ether oxygens (including phenoxy) is 1. The minimum Gasteiger partial charge on any atom is -0.479 e. The summed E-state index contributed by atoms with van der Waals surface area (Å²) in [7, 11) is 1.32. The Labute approximate surface area is 103 Å². The highest BCUT2D eigenvalue weighted by molar-refractivity contribution is 5.78. The molecule has 0 rings (SSSR count). The van der Waals surface area contributed by atoms with Crippen molar-refractivity contribution in [3.63, 3.8) is 0 Å². The molecule has 0 heterocycles. The fraction of sp³-hybridized carbons (Fsp3) is 0.833. The van der Waals surface area contributed by atoms with E-state index in [0.717, 1.165) is 19.3 Å². The molecule has 0 aliphatic heterocycles. The van der Waals surface area contributed by atoms with Gasteiger partial charge in [0.2, 0.25) is 5.91 Å². The third-order valence-corrected chi connectivity index (χ3v) is 2.55. The van der Waals surface area contributed by atoms with Gasteiger partial charge in [0.25, 0.3) is 0 Å². The normalized spacial score (nSPS) is 12.1. The lowest BCUT2D eigenvalue weighted by molar-refractivity contribution is -0.148. The van der Waals surface area contributed by atoms with Gasteiger partial charge in [-0.2, -0.15) is 0 Å². The number of carboxylic acid groups (broad SMARTS) is 1. The van der Waals surface area contributed by atoms with Crippen molar-refractivity contribution in [2.45, 2.75) is 51.6 Å². The molecule has 2 N–H and O–H groups in total. The number of hydrogen-bond donors (Lipinski definition) is 2. The molecule has 0 aliphatic rings. The second kappa shape index (κ2) is 10.1. The van der Waals surface area contributed by atoms with Crippen molar-refractivity contribution in [2.75, 3.05) is 13.7 Å². The number of methoxy groups -OCH3 is 1. The van der Waals surface area contributed by atoms with E-state index in [2.05, 4.69) is 12.2 Å². The third-order valence-electron chi connectivity index (χ3n) is 2.55. The lowest BCUT2D eigenvalue weighted by Gasteiger charge is -2.11. The van der Waals surface area contributed by atoms with Crippen molar-refractivity contribution < 1.29 is 19.4 Å². The fourth-order valence-electron chi connectivity index (χ4n) is 1.46. The van der Waals surface area contributed by atoms with Crippen LogP contribution in [0.25, 0.3) is 0 Å². The van der Waals surface area contributed by atoms with Crippen LogP contribution in [0.15, 0.2) is 0 Å². The molecular weight excluding hydrogens is 222 g/mol. The summed E-state index contributed by atoms with van der Waals surface area (Å²) >= 11 is 0. The van der Waals surface area contributed by atoms with Crippen LogP contribution in [-0.4, -0.2) is 36.7 Å². The summed E-state index contributed by atoms with van der Waals surface area (Å²) in [6.45, 7) is 2.17. The van der Waals surface area contributed by atoms with Crippen molar-refractivity contribution in [3.05, 3.63) is 0 Å². The van der Waals surface area contributed by atoms with Gasteiger partial charge < -0.3 is 15.2 Å². The summed E-state index contributed by atoms with van der Waals surface area (Å²) in [5, 5.41) is 11.2. The van der Waals surface area contributed by atoms with E-state index >= 15 is 0 Å². The van der Waals surface area contributed by atoms with Crippen molar-refractivity contribution in [1.82, 2.24) is 5.32 Å². The van der Waals surface area contributed by atoms with E-state index < -0.39 is 12.1 Å². The van der Waals surface area contributed by atoms with Gasteiger partial charge in [0.05, 0.1) is 6.54 Å². The predicted octanol–water partition coefficient (Wildman–Crippen LogP) is 1.56. The van der Waals surface area contributed by atoms with Gasteiger partial charge in [0.15, 0.2) is 6.10 Å². The molecule has 1 unspecified atom stereocenters. The van der Waals surface area contributed by atoms with Gasteiger partial charge in [-0.1, -0.05) is 32.6 Å². The van der Waals surface area contributed by atoms with E-state index in [9.17, 15) is 9.59 Å². The highest BCUT2D eigenvalue weighted by atomic mass is 16.5. The minimum absolute atomic E-state index is 0.0274. The first-order valence-electron chi connectivity index (χ1n) is 6.14. The van der Waals surface area contributed by atoms with Crippen LogP contribution in [0.4, 0.5) is 0 Å². The highest BCUT2D eigenvalue weighted by Gasteiger charge is 2.16. The molecule has 5 nitrogen and oxygen atoms in total. The van der Waals surface area contributed by atoms with E-state index in [0.29, 0.717) is 6.42 Å². The molecule has 0 fully saturated rings. The number of amides is 1. The zero-order valence-corrected chi connectivity index (χ0v) is 10.7. The Hall–Kier alpha value is -1.10. The number of aliphatic carboxylic acids is 1. The van der Waals surface area contributed by atoms with Crippen LogP contribution in [0.1, 0.15) is 45.4 Å². The van der Waals surface area contributed by atoms with E-state index in [1.807, 2.05) is 0 Å².